The molecular weight excluding hydrogens is 282 g/mol. The maximum Gasteiger partial charge on any atom is 0.374 e. The predicted molar refractivity (Wildman–Crippen MR) is 73.7 cm³/mol. The zero-order valence-corrected chi connectivity index (χ0v) is 11.4. The van der Waals surface area contributed by atoms with Crippen LogP contribution in [0.5, 0.6) is 0 Å². The molecule has 1 aromatic carbocycles. The van der Waals surface area contributed by atoms with Gasteiger partial charge in [0.25, 0.3) is 5.91 Å². The topological polar surface area (TPSA) is 68.5 Å². The van der Waals surface area contributed by atoms with Crippen LogP contribution in [0.25, 0.3) is 0 Å². The van der Waals surface area contributed by atoms with Gasteiger partial charge in [-0.15, -0.1) is 0 Å². The summed E-state index contributed by atoms with van der Waals surface area (Å²) in [6.45, 7) is 1.47. The molecule has 2 aromatic rings. The van der Waals surface area contributed by atoms with Gasteiger partial charge in [-0.25, -0.2) is 4.79 Å². The zero-order valence-electron chi connectivity index (χ0n) is 10.6. The number of esters is 1. The minimum absolute atomic E-state index is 0.0439. The Hall–Kier alpha value is -2.27. The van der Waals surface area contributed by atoms with Crippen molar-refractivity contribution in [3.63, 3.8) is 0 Å². The minimum atomic E-state index is -0.969. The number of rotatable bonds is 4. The molecule has 0 saturated carbocycles. The standard InChI is InChI=1S/C14H12ClNO4/c1-9(20-14(18)12-7-4-8-19-12)13(17)16-11-6-3-2-5-10(11)15/h2-9H,1H3,(H,16,17). The van der Waals surface area contributed by atoms with E-state index in [9.17, 15) is 9.59 Å². The van der Waals surface area contributed by atoms with E-state index in [1.807, 2.05) is 0 Å². The number of hydrogen-bond donors (Lipinski definition) is 1. The van der Waals surface area contributed by atoms with Crippen molar-refractivity contribution in [1.29, 1.82) is 0 Å². The number of amides is 1. The fourth-order valence-corrected chi connectivity index (χ4v) is 1.65. The molecule has 0 saturated heterocycles. The highest BCUT2D eigenvalue weighted by Crippen LogP contribution is 2.20. The van der Waals surface area contributed by atoms with Crippen molar-refractivity contribution < 1.29 is 18.7 Å². The lowest BCUT2D eigenvalue weighted by Crippen LogP contribution is -2.30. The number of para-hydroxylation sites is 1. The second kappa shape index (κ2) is 6.25. The first-order valence-corrected chi connectivity index (χ1v) is 6.25. The minimum Gasteiger partial charge on any atom is -0.457 e. The van der Waals surface area contributed by atoms with E-state index in [1.165, 1.54) is 19.3 Å². The second-order valence-corrected chi connectivity index (χ2v) is 4.40. The summed E-state index contributed by atoms with van der Waals surface area (Å²) < 4.78 is 9.87. The van der Waals surface area contributed by atoms with Crippen LogP contribution in [0.4, 0.5) is 5.69 Å². The second-order valence-electron chi connectivity index (χ2n) is 3.99. The average molecular weight is 294 g/mol. The van der Waals surface area contributed by atoms with Crippen molar-refractivity contribution in [2.45, 2.75) is 13.0 Å². The van der Waals surface area contributed by atoms with Crippen LogP contribution in [-0.4, -0.2) is 18.0 Å². The maximum absolute atomic E-state index is 11.9. The normalized spacial score (nSPS) is 11.7. The van der Waals surface area contributed by atoms with Gasteiger partial charge in [0.15, 0.2) is 6.10 Å². The molecule has 1 heterocycles. The number of furan rings is 1. The Morgan fingerprint density at radius 1 is 1.25 bits per heavy atom. The third kappa shape index (κ3) is 3.39. The summed E-state index contributed by atoms with van der Waals surface area (Å²) in [4.78, 5) is 23.5. The lowest BCUT2D eigenvalue weighted by Gasteiger charge is -2.13. The molecule has 0 aliphatic heterocycles. The molecular formula is C14H12ClNO4. The molecule has 1 N–H and O–H groups in total. The van der Waals surface area contributed by atoms with Gasteiger partial charge in [0, 0.05) is 0 Å². The van der Waals surface area contributed by atoms with Gasteiger partial charge in [0.05, 0.1) is 17.0 Å². The van der Waals surface area contributed by atoms with Crippen LogP contribution < -0.4 is 5.32 Å². The highest BCUT2D eigenvalue weighted by molar-refractivity contribution is 6.33. The van der Waals surface area contributed by atoms with Gasteiger partial charge >= 0.3 is 5.97 Å². The third-order valence-corrected chi connectivity index (χ3v) is 2.84. The first-order chi connectivity index (χ1) is 9.58. The van der Waals surface area contributed by atoms with Crippen LogP contribution in [-0.2, 0) is 9.53 Å². The number of carbonyl (C=O) groups excluding carboxylic acids is 2. The van der Waals surface area contributed by atoms with Crippen LogP contribution in [0.15, 0.2) is 47.1 Å². The highest BCUT2D eigenvalue weighted by Gasteiger charge is 2.20. The van der Waals surface area contributed by atoms with Gasteiger partial charge in [-0.1, -0.05) is 23.7 Å². The Morgan fingerprint density at radius 3 is 2.65 bits per heavy atom. The van der Waals surface area contributed by atoms with Gasteiger partial charge in [-0.3, -0.25) is 4.79 Å². The number of ether oxygens (including phenoxy) is 1. The summed E-state index contributed by atoms with van der Waals surface area (Å²) >= 11 is 5.92. The Morgan fingerprint density at radius 2 is 2.00 bits per heavy atom. The molecule has 1 unspecified atom stereocenters. The predicted octanol–water partition coefficient (Wildman–Crippen LogP) is 3.12. The molecule has 1 aromatic heterocycles. The first-order valence-electron chi connectivity index (χ1n) is 5.88. The first kappa shape index (κ1) is 14.1. The Labute approximate surface area is 120 Å². The van der Waals surface area contributed by atoms with Crippen LogP contribution >= 0.6 is 11.6 Å². The average Bonchev–Trinajstić information content (AvgIpc) is 2.95. The third-order valence-electron chi connectivity index (χ3n) is 2.51. The highest BCUT2D eigenvalue weighted by atomic mass is 35.5. The monoisotopic (exact) mass is 293 g/mol. The fraction of sp³-hybridized carbons (Fsp3) is 0.143. The van der Waals surface area contributed by atoms with E-state index < -0.39 is 18.0 Å². The quantitative estimate of drug-likeness (QED) is 0.879. The van der Waals surface area contributed by atoms with Crippen LogP contribution in [0, 0.1) is 0 Å². The molecule has 0 bridgehead atoms. The summed E-state index contributed by atoms with van der Waals surface area (Å²) in [7, 11) is 0. The molecule has 0 aliphatic rings. The summed E-state index contributed by atoms with van der Waals surface area (Å²) in [5.74, 6) is -1.13. The van der Waals surface area contributed by atoms with E-state index in [-0.39, 0.29) is 5.76 Å². The van der Waals surface area contributed by atoms with Gasteiger partial charge in [0.2, 0.25) is 5.76 Å². The lowest BCUT2D eigenvalue weighted by molar-refractivity contribution is -0.123. The van der Waals surface area contributed by atoms with E-state index in [0.29, 0.717) is 10.7 Å². The molecule has 6 heteroatoms. The summed E-state index contributed by atoms with van der Waals surface area (Å²) in [5, 5.41) is 2.99. The summed E-state index contributed by atoms with van der Waals surface area (Å²) in [6.07, 6.45) is 0.384. The molecule has 2 rings (SSSR count). The number of nitrogens with one attached hydrogen (secondary N) is 1. The number of carbonyl (C=O) groups is 2. The van der Waals surface area contributed by atoms with E-state index in [4.69, 9.17) is 20.8 Å². The van der Waals surface area contributed by atoms with E-state index in [0.717, 1.165) is 0 Å². The molecule has 1 atom stereocenters. The van der Waals surface area contributed by atoms with E-state index in [2.05, 4.69) is 5.32 Å². The van der Waals surface area contributed by atoms with Crippen molar-refractivity contribution in [3.8, 4) is 0 Å². The zero-order chi connectivity index (χ0) is 14.5. The lowest BCUT2D eigenvalue weighted by atomic mass is 10.3. The molecule has 0 aliphatic carbocycles. The summed E-state index contributed by atoms with van der Waals surface area (Å²) in [5.41, 5.74) is 0.458. The number of hydrogen-bond acceptors (Lipinski definition) is 4. The largest absolute Gasteiger partial charge is 0.457 e. The van der Waals surface area contributed by atoms with Crippen molar-refractivity contribution >= 4 is 29.2 Å². The molecule has 1 amide bonds. The SMILES string of the molecule is CC(OC(=O)c1ccco1)C(=O)Nc1ccccc1Cl. The molecule has 5 nitrogen and oxygen atoms in total. The van der Waals surface area contributed by atoms with Crippen molar-refractivity contribution in [3.05, 3.63) is 53.4 Å². The maximum atomic E-state index is 11.9. The Balaban J connectivity index is 1.96. The van der Waals surface area contributed by atoms with Gasteiger partial charge in [0.1, 0.15) is 0 Å². The molecule has 0 fully saturated rings. The van der Waals surface area contributed by atoms with Gasteiger partial charge < -0.3 is 14.5 Å². The van der Waals surface area contributed by atoms with Crippen LogP contribution in [0.1, 0.15) is 17.5 Å². The van der Waals surface area contributed by atoms with Gasteiger partial charge in [-0.2, -0.15) is 0 Å². The smallest absolute Gasteiger partial charge is 0.374 e. The van der Waals surface area contributed by atoms with Crippen molar-refractivity contribution in [2.24, 2.45) is 0 Å². The Kier molecular flexibility index (Phi) is 4.42. The Bertz CT molecular complexity index is 609. The number of anilines is 1. The van der Waals surface area contributed by atoms with Crippen molar-refractivity contribution in [1.82, 2.24) is 0 Å². The van der Waals surface area contributed by atoms with E-state index in [1.54, 1.807) is 30.3 Å². The fourth-order valence-electron chi connectivity index (χ4n) is 1.46. The number of benzene rings is 1. The van der Waals surface area contributed by atoms with Gasteiger partial charge in [-0.05, 0) is 31.2 Å². The van der Waals surface area contributed by atoms with Crippen LogP contribution in [0.3, 0.4) is 0 Å². The molecule has 20 heavy (non-hydrogen) atoms. The van der Waals surface area contributed by atoms with E-state index >= 15 is 0 Å². The van der Waals surface area contributed by atoms with Crippen LogP contribution in [0.2, 0.25) is 5.02 Å². The van der Waals surface area contributed by atoms with Crippen molar-refractivity contribution in [2.75, 3.05) is 5.32 Å². The molecule has 0 radical (unpaired) electrons. The number of halogens is 1. The molecule has 0 spiro atoms. The molecule has 104 valence electrons. The summed E-state index contributed by atoms with van der Waals surface area (Å²) in [6, 6.07) is 9.81.